The van der Waals surface area contributed by atoms with Gasteiger partial charge in [0.25, 0.3) is 0 Å². The third-order valence-corrected chi connectivity index (χ3v) is 9.97. The summed E-state index contributed by atoms with van der Waals surface area (Å²) in [5.41, 5.74) is 2.05. The van der Waals surface area contributed by atoms with Crippen LogP contribution in [0.4, 0.5) is 11.4 Å². The molecule has 0 aromatic heterocycles. The molecule has 2 unspecified atom stereocenters. The van der Waals surface area contributed by atoms with Crippen LogP contribution in [-0.2, 0) is 16.0 Å². The van der Waals surface area contributed by atoms with E-state index in [0.29, 0.717) is 23.1 Å². The number of hydrogen-bond acceptors (Lipinski definition) is 7. The molecule has 1 saturated heterocycles. The van der Waals surface area contributed by atoms with Crippen molar-refractivity contribution in [2.24, 2.45) is 10.8 Å². The monoisotopic (exact) mass is 619 g/mol. The topological polar surface area (TPSA) is 65.5 Å². The molecular weight excluding hydrogens is 573 g/mol. The highest BCUT2D eigenvalue weighted by atomic mass is 35.5. The first-order chi connectivity index (χ1) is 19.8. The van der Waals surface area contributed by atoms with Crippen LogP contribution >= 0.6 is 23.2 Å². The van der Waals surface area contributed by atoms with Crippen molar-refractivity contribution in [2.75, 3.05) is 49.1 Å². The van der Waals surface area contributed by atoms with Crippen LogP contribution in [-0.4, -0.2) is 67.8 Å². The van der Waals surface area contributed by atoms with E-state index in [9.17, 15) is 9.90 Å². The van der Waals surface area contributed by atoms with E-state index in [-0.39, 0.29) is 11.4 Å². The van der Waals surface area contributed by atoms with Gasteiger partial charge in [0.2, 0.25) is 0 Å². The largest absolute Gasteiger partial charge is 0.494 e. The van der Waals surface area contributed by atoms with Gasteiger partial charge < -0.3 is 24.4 Å². The second kappa shape index (κ2) is 13.6. The highest BCUT2D eigenvalue weighted by Crippen LogP contribution is 2.40. The number of ether oxygens (including phenoxy) is 2. The fraction of sp³-hybridized carbons (Fsp3) is 0.606. The number of esters is 1. The molecule has 2 aromatic rings. The third kappa shape index (κ3) is 7.47. The molecule has 1 N–H and O–H groups in total. The molecule has 0 spiro atoms. The zero-order valence-corrected chi connectivity index (χ0v) is 27.5. The minimum Gasteiger partial charge on any atom is -0.494 e. The van der Waals surface area contributed by atoms with Crippen LogP contribution in [0, 0.1) is 10.8 Å². The van der Waals surface area contributed by atoms with Gasteiger partial charge in [-0.2, -0.15) is 0 Å². The molecule has 0 aliphatic carbocycles. The van der Waals surface area contributed by atoms with E-state index in [2.05, 4.69) is 15.9 Å². The molecule has 2 aromatic carbocycles. The summed E-state index contributed by atoms with van der Waals surface area (Å²) in [6.07, 6.45) is 1.99. The number of rotatable bonds is 10. The van der Waals surface area contributed by atoms with Gasteiger partial charge in [0.05, 0.1) is 27.8 Å². The highest BCUT2D eigenvalue weighted by molar-refractivity contribution is 6.43. The molecule has 4 rings (SSSR count). The van der Waals surface area contributed by atoms with Crippen LogP contribution in [0.1, 0.15) is 66.4 Å². The molecule has 2 heterocycles. The summed E-state index contributed by atoms with van der Waals surface area (Å²) in [6.45, 7) is 17.2. The Morgan fingerprint density at radius 2 is 1.74 bits per heavy atom. The lowest BCUT2D eigenvalue weighted by molar-refractivity contribution is -0.166. The number of aryl methyl sites for hydroxylation is 1. The van der Waals surface area contributed by atoms with Gasteiger partial charge in [-0.25, -0.2) is 0 Å². The number of unbranched alkanes of at least 4 members (excludes halogenated alkanes) is 1. The Bertz CT molecular complexity index is 1220. The van der Waals surface area contributed by atoms with Crippen LogP contribution < -0.4 is 14.5 Å². The van der Waals surface area contributed by atoms with Gasteiger partial charge in [0.1, 0.15) is 12.0 Å². The Morgan fingerprint density at radius 1 is 1.02 bits per heavy atom. The van der Waals surface area contributed by atoms with Gasteiger partial charge >= 0.3 is 5.97 Å². The van der Waals surface area contributed by atoms with Crippen LogP contribution in [0.15, 0.2) is 36.4 Å². The normalized spacial score (nSPS) is 18.9. The summed E-state index contributed by atoms with van der Waals surface area (Å²) >= 11 is 12.6. The van der Waals surface area contributed by atoms with Crippen LogP contribution in [0.3, 0.4) is 0 Å². The van der Waals surface area contributed by atoms with Gasteiger partial charge in [0, 0.05) is 37.9 Å². The zero-order chi connectivity index (χ0) is 30.7. The second-order valence-electron chi connectivity index (χ2n) is 13.1. The summed E-state index contributed by atoms with van der Waals surface area (Å²) in [7, 11) is 0. The summed E-state index contributed by atoms with van der Waals surface area (Å²) in [6, 6.07) is 11.8. The standard InChI is InChI=1S/C33H47Cl2N3O4/c1-23(42-31(40)33(5,6)32(2,3)4)38-28-22-25(14-12-24(28)13-15-29(38)39)41-21-8-7-16-36-17-19-37(20-18-36)27-11-9-10-26(34)30(27)35/h9-12,14,22-23,29,39H,7-8,13,15-21H2,1-6H3. The first-order valence-electron chi connectivity index (χ1n) is 15.1. The molecule has 0 amide bonds. The van der Waals surface area contributed by atoms with Gasteiger partial charge in [-0.1, -0.05) is 56.1 Å². The molecule has 7 nitrogen and oxygen atoms in total. The molecule has 2 atom stereocenters. The third-order valence-electron chi connectivity index (χ3n) is 9.16. The number of carbonyl (C=O) groups is 1. The van der Waals surface area contributed by atoms with Crippen LogP contribution in [0.2, 0.25) is 10.0 Å². The molecule has 42 heavy (non-hydrogen) atoms. The van der Waals surface area contributed by atoms with Gasteiger partial charge in [-0.3, -0.25) is 9.69 Å². The number of aliphatic hydroxyl groups excluding tert-OH is 1. The Hall–Kier alpha value is -2.19. The maximum Gasteiger partial charge on any atom is 0.313 e. The fourth-order valence-corrected chi connectivity index (χ4v) is 5.76. The Morgan fingerprint density at radius 3 is 2.43 bits per heavy atom. The average molecular weight is 621 g/mol. The molecule has 2 aliphatic rings. The van der Waals surface area contributed by atoms with Gasteiger partial charge in [-0.15, -0.1) is 0 Å². The first kappa shape index (κ1) is 32.7. The Balaban J connectivity index is 1.26. The first-order valence-corrected chi connectivity index (χ1v) is 15.9. The van der Waals surface area contributed by atoms with Crippen molar-refractivity contribution in [2.45, 2.75) is 79.7 Å². The molecule has 0 radical (unpaired) electrons. The van der Waals surface area contributed by atoms with Crippen molar-refractivity contribution < 1.29 is 19.4 Å². The number of aliphatic hydroxyl groups is 1. The maximum absolute atomic E-state index is 13.1. The van der Waals surface area contributed by atoms with E-state index in [1.807, 2.05) is 71.9 Å². The summed E-state index contributed by atoms with van der Waals surface area (Å²) in [4.78, 5) is 19.7. The molecular formula is C33H47Cl2N3O4. The number of nitrogens with zero attached hydrogens (tertiary/aromatic N) is 3. The van der Waals surface area contributed by atoms with E-state index in [0.717, 1.165) is 74.7 Å². The Labute approximate surface area is 261 Å². The van der Waals surface area contributed by atoms with E-state index in [4.69, 9.17) is 32.7 Å². The van der Waals surface area contributed by atoms with E-state index in [1.54, 1.807) is 4.90 Å². The quantitative estimate of drug-likeness (QED) is 0.227. The SMILES string of the molecule is CC(OC(=O)C(C)(C)C(C)(C)C)N1c2cc(OCCCCN3CCN(c4cccc(Cl)c4Cl)CC3)ccc2CCC1O. The minimum atomic E-state index is -0.733. The average Bonchev–Trinajstić information content (AvgIpc) is 2.94. The van der Waals surface area contributed by atoms with E-state index >= 15 is 0 Å². The van der Waals surface area contributed by atoms with E-state index < -0.39 is 17.9 Å². The lowest BCUT2D eigenvalue weighted by atomic mass is 9.69. The maximum atomic E-state index is 13.1. The van der Waals surface area contributed by atoms with Crippen molar-refractivity contribution >= 4 is 40.5 Å². The van der Waals surface area contributed by atoms with Gasteiger partial charge in [0.15, 0.2) is 6.23 Å². The number of piperazine rings is 1. The van der Waals surface area contributed by atoms with Crippen LogP contribution in [0.5, 0.6) is 5.75 Å². The van der Waals surface area contributed by atoms with Crippen molar-refractivity contribution in [3.8, 4) is 5.75 Å². The number of anilines is 2. The lowest BCUT2D eigenvalue weighted by Crippen LogP contribution is -2.49. The van der Waals surface area contributed by atoms with Gasteiger partial charge in [-0.05, 0) is 82.2 Å². The molecule has 9 heteroatoms. The Kier molecular flexibility index (Phi) is 10.6. The van der Waals surface area contributed by atoms with Crippen molar-refractivity contribution in [1.29, 1.82) is 0 Å². The summed E-state index contributed by atoms with van der Waals surface area (Å²) in [5.74, 6) is 0.484. The van der Waals surface area contributed by atoms with E-state index in [1.165, 1.54) is 0 Å². The molecule has 0 bridgehead atoms. The summed E-state index contributed by atoms with van der Waals surface area (Å²) < 4.78 is 12.1. The molecule has 2 aliphatic heterocycles. The smallest absolute Gasteiger partial charge is 0.313 e. The highest BCUT2D eigenvalue weighted by Gasteiger charge is 2.43. The summed E-state index contributed by atoms with van der Waals surface area (Å²) in [5, 5.41) is 12.1. The molecule has 232 valence electrons. The van der Waals surface area contributed by atoms with Crippen LogP contribution in [0.25, 0.3) is 0 Å². The predicted octanol–water partition coefficient (Wildman–Crippen LogP) is 7.01. The number of hydrogen-bond donors (Lipinski definition) is 1. The van der Waals surface area contributed by atoms with Crippen molar-refractivity contribution in [3.05, 3.63) is 52.0 Å². The zero-order valence-electron chi connectivity index (χ0n) is 26.0. The number of fused-ring (bicyclic) bond motifs is 1. The number of halogens is 2. The molecule has 1 fully saturated rings. The molecule has 0 saturated carbocycles. The predicted molar refractivity (Wildman–Crippen MR) is 172 cm³/mol. The van der Waals surface area contributed by atoms with Crippen molar-refractivity contribution in [1.82, 2.24) is 4.90 Å². The second-order valence-corrected chi connectivity index (χ2v) is 13.8. The fourth-order valence-electron chi connectivity index (χ4n) is 5.35. The number of benzene rings is 2. The number of carbonyl (C=O) groups excluding carboxylic acids is 1. The van der Waals surface area contributed by atoms with Crippen molar-refractivity contribution in [3.63, 3.8) is 0 Å². The lowest BCUT2D eigenvalue weighted by Gasteiger charge is -2.42. The minimum absolute atomic E-state index is 0.261.